The average Bonchev–Trinajstić information content (AvgIpc) is 2.49. The molecule has 5 nitrogen and oxygen atoms in total. The lowest BCUT2D eigenvalue weighted by atomic mass is 10.1. The molecule has 0 spiro atoms. The molecule has 0 aromatic rings. The smallest absolute Gasteiger partial charge is 0.407 e. The van der Waals surface area contributed by atoms with Crippen molar-refractivity contribution in [2.75, 3.05) is 6.61 Å². The Morgan fingerprint density at radius 1 is 1.44 bits per heavy atom. The lowest BCUT2D eigenvalue weighted by molar-refractivity contribution is 0.0501. The fraction of sp³-hybridized carbons (Fsp3) is 0.909. The van der Waals surface area contributed by atoms with Crippen molar-refractivity contribution in [3.8, 4) is 0 Å². The fourth-order valence-electron chi connectivity index (χ4n) is 1.97. The predicted molar refractivity (Wildman–Crippen MR) is 60.6 cm³/mol. The number of carbonyl (C=O) groups excluding carboxylic acids is 1. The summed E-state index contributed by atoms with van der Waals surface area (Å²) in [5.74, 6) is 5.48. The van der Waals surface area contributed by atoms with Crippen molar-refractivity contribution in [2.24, 2.45) is 11.8 Å². The maximum absolute atomic E-state index is 11.5. The Hall–Kier alpha value is -0.810. The van der Waals surface area contributed by atoms with E-state index in [0.29, 0.717) is 12.5 Å². The quantitative estimate of drug-likeness (QED) is 0.722. The Balaban J connectivity index is 2.26. The van der Waals surface area contributed by atoms with E-state index < -0.39 is 5.60 Å². The highest BCUT2D eigenvalue weighted by atomic mass is 16.6. The van der Waals surface area contributed by atoms with Gasteiger partial charge in [-0.25, -0.2) is 10.7 Å². The first-order valence-corrected chi connectivity index (χ1v) is 5.72. The van der Waals surface area contributed by atoms with Crippen LogP contribution in [0.5, 0.6) is 0 Å². The van der Waals surface area contributed by atoms with E-state index in [2.05, 4.69) is 10.2 Å². The summed E-state index contributed by atoms with van der Waals surface area (Å²) >= 11 is 0. The molecule has 5 heteroatoms. The van der Waals surface area contributed by atoms with Crippen molar-refractivity contribution in [2.45, 2.75) is 51.7 Å². The second-order valence-corrected chi connectivity index (χ2v) is 5.36. The molecule has 1 rings (SSSR count). The van der Waals surface area contributed by atoms with Crippen LogP contribution in [0.1, 0.15) is 40.0 Å². The molecule has 0 unspecified atom stereocenters. The third-order valence-electron chi connectivity index (χ3n) is 2.59. The van der Waals surface area contributed by atoms with Gasteiger partial charge in [-0.3, -0.25) is 0 Å². The molecule has 1 amide bonds. The Kier molecular flexibility index (Phi) is 4.56. The van der Waals surface area contributed by atoms with Gasteiger partial charge >= 0.3 is 6.09 Å². The van der Waals surface area contributed by atoms with Crippen molar-refractivity contribution in [3.05, 3.63) is 0 Å². The van der Waals surface area contributed by atoms with Crippen LogP contribution >= 0.6 is 0 Å². The van der Waals surface area contributed by atoms with E-state index in [1.807, 2.05) is 20.8 Å². The number of alkyl carbamates (subject to hydrolysis) is 1. The molecule has 0 aliphatic heterocycles. The van der Waals surface area contributed by atoms with E-state index in [9.17, 15) is 4.79 Å². The van der Waals surface area contributed by atoms with E-state index in [1.54, 1.807) is 0 Å². The van der Waals surface area contributed by atoms with Gasteiger partial charge in [-0.05, 0) is 46.0 Å². The summed E-state index contributed by atoms with van der Waals surface area (Å²) in [6.07, 6.45) is 2.58. The highest BCUT2D eigenvalue weighted by molar-refractivity contribution is 5.68. The van der Waals surface area contributed by atoms with Crippen LogP contribution in [-0.2, 0) is 9.57 Å². The van der Waals surface area contributed by atoms with Crippen molar-refractivity contribution in [1.82, 2.24) is 5.32 Å². The van der Waals surface area contributed by atoms with Gasteiger partial charge in [-0.1, -0.05) is 0 Å². The number of nitrogens with two attached hydrogens (primary N) is 1. The van der Waals surface area contributed by atoms with Gasteiger partial charge < -0.3 is 14.9 Å². The third kappa shape index (κ3) is 4.81. The molecular formula is C11H22N2O3. The summed E-state index contributed by atoms with van der Waals surface area (Å²) in [6.45, 7) is 6.12. The molecule has 0 saturated heterocycles. The lowest BCUT2D eigenvalue weighted by Gasteiger charge is -2.21. The summed E-state index contributed by atoms with van der Waals surface area (Å²) in [4.78, 5) is 16.1. The minimum Gasteiger partial charge on any atom is -0.444 e. The highest BCUT2D eigenvalue weighted by Gasteiger charge is 2.27. The molecule has 0 radical (unpaired) electrons. The van der Waals surface area contributed by atoms with Crippen molar-refractivity contribution in [3.63, 3.8) is 0 Å². The number of hydrogen-bond donors (Lipinski definition) is 2. The third-order valence-corrected chi connectivity index (χ3v) is 2.59. The van der Waals surface area contributed by atoms with E-state index in [4.69, 9.17) is 10.6 Å². The first-order valence-electron chi connectivity index (χ1n) is 5.72. The standard InChI is InChI=1S/C11H22N2O3/c1-11(2,3)16-10(14)13-9-5-4-8(6-9)7-15-12/h8-9H,4-7,12H2,1-3H3,(H,13,14)/t8-,9+/m0/s1. The molecule has 2 atom stereocenters. The van der Waals surface area contributed by atoms with E-state index in [0.717, 1.165) is 19.3 Å². The van der Waals surface area contributed by atoms with Gasteiger partial charge in [-0.15, -0.1) is 0 Å². The summed E-state index contributed by atoms with van der Waals surface area (Å²) < 4.78 is 5.19. The molecule has 1 saturated carbocycles. The molecule has 1 fully saturated rings. The van der Waals surface area contributed by atoms with E-state index in [1.165, 1.54) is 0 Å². The van der Waals surface area contributed by atoms with Crippen molar-refractivity contribution in [1.29, 1.82) is 0 Å². The normalized spacial score (nSPS) is 25.5. The maximum atomic E-state index is 11.5. The van der Waals surface area contributed by atoms with E-state index in [-0.39, 0.29) is 12.1 Å². The van der Waals surface area contributed by atoms with Gasteiger partial charge in [-0.2, -0.15) is 0 Å². The van der Waals surface area contributed by atoms with Crippen LogP contribution in [0.2, 0.25) is 0 Å². The first kappa shape index (κ1) is 13.3. The number of ether oxygens (including phenoxy) is 1. The first-order chi connectivity index (χ1) is 7.40. The van der Waals surface area contributed by atoms with Crippen LogP contribution in [0, 0.1) is 5.92 Å². The predicted octanol–water partition coefficient (Wildman–Crippen LogP) is 1.57. The van der Waals surface area contributed by atoms with Crippen LogP contribution in [-0.4, -0.2) is 24.3 Å². The van der Waals surface area contributed by atoms with Crippen molar-refractivity contribution >= 4 is 6.09 Å². The van der Waals surface area contributed by atoms with Gasteiger partial charge in [0.1, 0.15) is 5.60 Å². The Morgan fingerprint density at radius 2 is 2.12 bits per heavy atom. The second-order valence-electron chi connectivity index (χ2n) is 5.36. The summed E-state index contributed by atoms with van der Waals surface area (Å²) in [5.41, 5.74) is -0.442. The lowest BCUT2D eigenvalue weighted by Crippen LogP contribution is -2.38. The number of nitrogens with one attached hydrogen (secondary N) is 1. The van der Waals surface area contributed by atoms with Gasteiger partial charge in [0.2, 0.25) is 0 Å². The largest absolute Gasteiger partial charge is 0.444 e. The molecule has 16 heavy (non-hydrogen) atoms. The molecule has 0 bridgehead atoms. The van der Waals surface area contributed by atoms with Gasteiger partial charge in [0.05, 0.1) is 6.61 Å². The number of hydrogen-bond acceptors (Lipinski definition) is 4. The molecule has 0 aromatic carbocycles. The molecule has 0 aromatic heterocycles. The number of amides is 1. The maximum Gasteiger partial charge on any atom is 0.407 e. The van der Waals surface area contributed by atoms with Crippen LogP contribution in [0.15, 0.2) is 0 Å². The van der Waals surface area contributed by atoms with Crippen LogP contribution in [0.25, 0.3) is 0 Å². The monoisotopic (exact) mass is 230 g/mol. The SMILES string of the molecule is CC(C)(C)OC(=O)N[C@@H]1CC[C@H](CON)C1. The van der Waals surface area contributed by atoms with Gasteiger partial charge in [0.15, 0.2) is 0 Å². The number of carbonyl (C=O) groups is 1. The fourth-order valence-corrected chi connectivity index (χ4v) is 1.97. The molecular weight excluding hydrogens is 208 g/mol. The zero-order valence-corrected chi connectivity index (χ0v) is 10.3. The summed E-state index contributed by atoms with van der Waals surface area (Å²) in [7, 11) is 0. The Labute approximate surface area is 96.6 Å². The molecule has 94 valence electrons. The van der Waals surface area contributed by atoms with Crippen LogP contribution in [0.3, 0.4) is 0 Å². The zero-order valence-electron chi connectivity index (χ0n) is 10.3. The minimum atomic E-state index is -0.442. The zero-order chi connectivity index (χ0) is 12.2. The topological polar surface area (TPSA) is 73.6 Å². The Bertz CT molecular complexity index is 238. The van der Waals surface area contributed by atoms with Crippen LogP contribution in [0.4, 0.5) is 4.79 Å². The number of rotatable bonds is 3. The van der Waals surface area contributed by atoms with Gasteiger partial charge in [0, 0.05) is 6.04 Å². The summed E-state index contributed by atoms with van der Waals surface area (Å²) in [6, 6.07) is 0.190. The van der Waals surface area contributed by atoms with Gasteiger partial charge in [0.25, 0.3) is 0 Å². The van der Waals surface area contributed by atoms with Crippen LogP contribution < -0.4 is 11.2 Å². The Morgan fingerprint density at radius 3 is 2.69 bits per heavy atom. The molecule has 1 aliphatic carbocycles. The molecule has 1 aliphatic rings. The summed E-state index contributed by atoms with van der Waals surface area (Å²) in [5, 5.41) is 2.87. The molecule has 0 heterocycles. The average molecular weight is 230 g/mol. The minimum absolute atomic E-state index is 0.190. The second kappa shape index (κ2) is 5.50. The van der Waals surface area contributed by atoms with E-state index >= 15 is 0 Å². The molecule has 3 N–H and O–H groups in total. The van der Waals surface area contributed by atoms with Crippen molar-refractivity contribution < 1.29 is 14.4 Å². The highest BCUT2D eigenvalue weighted by Crippen LogP contribution is 2.25.